The van der Waals surface area contributed by atoms with Crippen LogP contribution >= 0.6 is 11.6 Å². The highest BCUT2D eigenvalue weighted by Crippen LogP contribution is 2.29. The second kappa shape index (κ2) is 8.87. The standard InChI is InChI=1S/C21H19ClFN3O3/c1-3-29-21(28)20(25-12(2)27)18-11-24-19(14-6-4-5-7-16(14)23)15-10-13(22)8-9-17(15)26-18/h4-10,26H,3,11H2,1-2H3,(H,25,27)/b20-18+. The van der Waals surface area contributed by atoms with E-state index in [1.807, 2.05) is 0 Å². The highest BCUT2D eigenvalue weighted by Gasteiger charge is 2.24. The highest BCUT2D eigenvalue weighted by atomic mass is 35.5. The normalized spacial score (nSPS) is 14.7. The van der Waals surface area contributed by atoms with Crippen LogP contribution in [0, 0.1) is 5.82 Å². The van der Waals surface area contributed by atoms with Crippen molar-refractivity contribution in [3.8, 4) is 0 Å². The Morgan fingerprint density at radius 1 is 1.24 bits per heavy atom. The fraction of sp³-hybridized carbons (Fsp3) is 0.190. The van der Waals surface area contributed by atoms with E-state index in [0.29, 0.717) is 33.2 Å². The summed E-state index contributed by atoms with van der Waals surface area (Å²) in [5, 5.41) is 6.08. The van der Waals surface area contributed by atoms with Crippen LogP contribution in [0.1, 0.15) is 25.0 Å². The molecule has 29 heavy (non-hydrogen) atoms. The number of amides is 1. The van der Waals surface area contributed by atoms with Crippen LogP contribution in [0.5, 0.6) is 0 Å². The molecule has 0 aromatic heterocycles. The lowest BCUT2D eigenvalue weighted by Crippen LogP contribution is -2.30. The Kier molecular flexibility index (Phi) is 6.29. The maximum atomic E-state index is 14.5. The number of nitrogens with zero attached hydrogens (tertiary/aromatic N) is 1. The Hall–Kier alpha value is -3.19. The third kappa shape index (κ3) is 4.63. The van der Waals surface area contributed by atoms with Crippen molar-refractivity contribution in [2.45, 2.75) is 13.8 Å². The molecule has 0 fully saturated rings. The van der Waals surface area contributed by atoms with Gasteiger partial charge in [0.05, 0.1) is 24.6 Å². The van der Waals surface area contributed by atoms with Gasteiger partial charge in [-0.25, -0.2) is 9.18 Å². The number of ether oxygens (including phenoxy) is 1. The monoisotopic (exact) mass is 415 g/mol. The molecule has 0 atom stereocenters. The summed E-state index contributed by atoms with van der Waals surface area (Å²) in [6.07, 6.45) is 0. The van der Waals surface area contributed by atoms with Gasteiger partial charge in [-0.15, -0.1) is 0 Å². The van der Waals surface area contributed by atoms with Gasteiger partial charge in [-0.05, 0) is 37.3 Å². The first kappa shape index (κ1) is 20.5. The molecule has 150 valence electrons. The Morgan fingerprint density at radius 3 is 2.69 bits per heavy atom. The van der Waals surface area contributed by atoms with Crippen molar-refractivity contribution in [3.63, 3.8) is 0 Å². The summed E-state index contributed by atoms with van der Waals surface area (Å²) >= 11 is 6.16. The summed E-state index contributed by atoms with van der Waals surface area (Å²) in [6, 6.07) is 11.3. The summed E-state index contributed by atoms with van der Waals surface area (Å²) in [6.45, 7) is 3.09. The van der Waals surface area contributed by atoms with Crippen LogP contribution in [0.3, 0.4) is 0 Å². The number of carbonyl (C=O) groups excluding carboxylic acids is 2. The maximum absolute atomic E-state index is 14.5. The van der Waals surface area contributed by atoms with E-state index in [2.05, 4.69) is 15.6 Å². The van der Waals surface area contributed by atoms with Gasteiger partial charge < -0.3 is 15.4 Å². The molecule has 0 aliphatic carbocycles. The van der Waals surface area contributed by atoms with Gasteiger partial charge in [0.2, 0.25) is 5.91 Å². The fourth-order valence-corrected chi connectivity index (χ4v) is 3.09. The van der Waals surface area contributed by atoms with Crippen LogP contribution in [0.2, 0.25) is 5.02 Å². The predicted octanol–water partition coefficient (Wildman–Crippen LogP) is 3.65. The topological polar surface area (TPSA) is 79.8 Å². The van der Waals surface area contributed by atoms with Gasteiger partial charge in [0.15, 0.2) is 0 Å². The Labute approximate surface area is 172 Å². The molecule has 1 aliphatic rings. The van der Waals surface area contributed by atoms with Crippen LogP contribution in [0.4, 0.5) is 10.1 Å². The molecule has 1 amide bonds. The molecule has 2 N–H and O–H groups in total. The van der Waals surface area contributed by atoms with Crippen LogP contribution in [-0.4, -0.2) is 30.7 Å². The number of benzene rings is 2. The first-order chi connectivity index (χ1) is 13.9. The minimum Gasteiger partial charge on any atom is -0.461 e. The van der Waals surface area contributed by atoms with Crippen LogP contribution < -0.4 is 10.6 Å². The number of nitrogens with one attached hydrogen (secondary N) is 2. The second-order valence-electron chi connectivity index (χ2n) is 6.21. The molecule has 0 radical (unpaired) electrons. The zero-order chi connectivity index (χ0) is 21.0. The summed E-state index contributed by atoms with van der Waals surface area (Å²) < 4.78 is 19.5. The van der Waals surface area contributed by atoms with Gasteiger partial charge in [0.25, 0.3) is 0 Å². The highest BCUT2D eigenvalue weighted by molar-refractivity contribution is 6.31. The SMILES string of the molecule is CCOC(=O)/C(NC(C)=O)=C1/CN=C(c2ccccc2F)c2cc(Cl)ccc2N1. The van der Waals surface area contributed by atoms with Crippen LogP contribution in [-0.2, 0) is 14.3 Å². The number of aliphatic imine (C=N–C) groups is 1. The number of anilines is 1. The smallest absolute Gasteiger partial charge is 0.356 e. The molecule has 3 rings (SSSR count). The molecule has 6 nitrogen and oxygen atoms in total. The Bertz CT molecular complexity index is 1030. The number of fused-ring (bicyclic) bond motifs is 1. The molecular weight excluding hydrogens is 397 g/mol. The number of halogens is 2. The van der Waals surface area contributed by atoms with Crippen molar-refractivity contribution in [3.05, 3.63) is 75.8 Å². The largest absolute Gasteiger partial charge is 0.461 e. The lowest BCUT2D eigenvalue weighted by molar-refractivity contribution is -0.140. The number of rotatable bonds is 4. The van der Waals surface area contributed by atoms with E-state index < -0.39 is 17.7 Å². The van der Waals surface area contributed by atoms with Crippen molar-refractivity contribution >= 4 is 34.9 Å². The number of esters is 1. The average molecular weight is 416 g/mol. The second-order valence-corrected chi connectivity index (χ2v) is 6.65. The predicted molar refractivity (Wildman–Crippen MR) is 109 cm³/mol. The van der Waals surface area contributed by atoms with Crippen molar-refractivity contribution in [1.82, 2.24) is 5.32 Å². The summed E-state index contributed by atoms with van der Waals surface area (Å²) in [5.41, 5.74) is 2.11. The van der Waals surface area contributed by atoms with E-state index in [1.54, 1.807) is 43.3 Å². The van der Waals surface area contributed by atoms with Gasteiger partial charge in [-0.2, -0.15) is 0 Å². The van der Waals surface area contributed by atoms with E-state index in [-0.39, 0.29) is 18.8 Å². The maximum Gasteiger partial charge on any atom is 0.356 e. The van der Waals surface area contributed by atoms with E-state index in [4.69, 9.17) is 16.3 Å². The summed E-state index contributed by atoms with van der Waals surface area (Å²) in [5.74, 6) is -1.55. The fourth-order valence-electron chi connectivity index (χ4n) is 2.92. The molecule has 8 heteroatoms. The number of benzodiazepines with no additional fused rings is 1. The molecule has 0 spiro atoms. The van der Waals surface area contributed by atoms with Gasteiger partial charge in [0.1, 0.15) is 11.5 Å². The van der Waals surface area contributed by atoms with Crippen LogP contribution in [0.15, 0.2) is 58.9 Å². The first-order valence-corrected chi connectivity index (χ1v) is 9.32. The summed E-state index contributed by atoms with van der Waals surface area (Å²) in [7, 11) is 0. The molecular formula is C21H19ClFN3O3. The van der Waals surface area contributed by atoms with Crippen molar-refractivity contribution in [2.75, 3.05) is 18.5 Å². The van der Waals surface area contributed by atoms with Crippen molar-refractivity contribution in [2.24, 2.45) is 4.99 Å². The molecule has 1 heterocycles. The third-order valence-electron chi connectivity index (χ3n) is 4.13. The zero-order valence-corrected chi connectivity index (χ0v) is 16.6. The molecule has 2 aromatic rings. The molecule has 0 saturated carbocycles. The molecule has 2 aromatic carbocycles. The number of carbonyl (C=O) groups is 2. The van der Waals surface area contributed by atoms with Crippen molar-refractivity contribution in [1.29, 1.82) is 0 Å². The van der Waals surface area contributed by atoms with E-state index in [1.165, 1.54) is 13.0 Å². The molecule has 0 saturated heterocycles. The Balaban J connectivity index is 2.19. The molecule has 0 bridgehead atoms. The third-order valence-corrected chi connectivity index (χ3v) is 4.36. The van der Waals surface area contributed by atoms with Gasteiger partial charge in [-0.3, -0.25) is 9.79 Å². The van der Waals surface area contributed by atoms with Gasteiger partial charge >= 0.3 is 5.97 Å². The van der Waals surface area contributed by atoms with Crippen molar-refractivity contribution < 1.29 is 18.7 Å². The zero-order valence-electron chi connectivity index (χ0n) is 15.9. The summed E-state index contributed by atoms with van der Waals surface area (Å²) in [4.78, 5) is 28.6. The quantitative estimate of drug-likeness (QED) is 0.590. The first-order valence-electron chi connectivity index (χ1n) is 8.94. The van der Waals surface area contributed by atoms with Crippen LogP contribution in [0.25, 0.3) is 0 Å². The minimum absolute atomic E-state index is 0.00953. The van der Waals surface area contributed by atoms with Gasteiger partial charge in [-0.1, -0.05) is 23.7 Å². The van der Waals surface area contributed by atoms with E-state index >= 15 is 0 Å². The molecule has 0 unspecified atom stereocenters. The van der Waals surface area contributed by atoms with E-state index in [0.717, 1.165) is 0 Å². The lowest BCUT2D eigenvalue weighted by atomic mass is 10.00. The number of hydrogen-bond donors (Lipinski definition) is 2. The number of hydrogen-bond acceptors (Lipinski definition) is 5. The average Bonchev–Trinajstić information content (AvgIpc) is 2.86. The van der Waals surface area contributed by atoms with E-state index in [9.17, 15) is 14.0 Å². The Morgan fingerprint density at radius 2 is 2.00 bits per heavy atom. The lowest BCUT2D eigenvalue weighted by Gasteiger charge is -2.15. The molecule has 1 aliphatic heterocycles. The minimum atomic E-state index is -0.690. The van der Waals surface area contributed by atoms with Gasteiger partial charge in [0, 0.05) is 28.8 Å².